The lowest BCUT2D eigenvalue weighted by Crippen LogP contribution is -2.12. The van der Waals surface area contributed by atoms with Crippen molar-refractivity contribution in [2.75, 3.05) is 19.5 Å². The summed E-state index contributed by atoms with van der Waals surface area (Å²) in [5.74, 6) is 0.788. The Hall–Kier alpha value is -3.36. The predicted molar refractivity (Wildman–Crippen MR) is 84.0 cm³/mol. The van der Waals surface area contributed by atoms with Crippen LogP contribution in [0.2, 0.25) is 0 Å². The lowest BCUT2D eigenvalue weighted by atomic mass is 10.2. The molecule has 0 radical (unpaired) electrons. The van der Waals surface area contributed by atoms with Gasteiger partial charge in [0.25, 0.3) is 11.8 Å². The summed E-state index contributed by atoms with van der Waals surface area (Å²) in [4.78, 5) is 12.3. The third kappa shape index (κ3) is 3.19. The van der Waals surface area contributed by atoms with E-state index >= 15 is 0 Å². The van der Waals surface area contributed by atoms with E-state index in [1.54, 1.807) is 42.2 Å². The molecule has 0 saturated carbocycles. The minimum atomic E-state index is -0.427. The van der Waals surface area contributed by atoms with E-state index in [1.165, 1.54) is 14.2 Å². The van der Waals surface area contributed by atoms with Gasteiger partial charge in [-0.2, -0.15) is 5.10 Å². The van der Waals surface area contributed by atoms with E-state index in [9.17, 15) is 4.79 Å². The van der Waals surface area contributed by atoms with E-state index in [0.29, 0.717) is 22.8 Å². The van der Waals surface area contributed by atoms with Gasteiger partial charge in [-0.25, -0.2) is 0 Å². The van der Waals surface area contributed by atoms with Gasteiger partial charge in [-0.1, -0.05) is 5.10 Å². The fourth-order valence-electron chi connectivity index (χ4n) is 2.01. The van der Waals surface area contributed by atoms with Gasteiger partial charge in [0.15, 0.2) is 0 Å². The zero-order valence-electron chi connectivity index (χ0n) is 13.3. The molecule has 0 aliphatic carbocycles. The molecule has 0 atom stereocenters. The van der Waals surface area contributed by atoms with E-state index in [4.69, 9.17) is 13.9 Å². The number of nitrogens with one attached hydrogen (secondary N) is 1. The Balaban J connectivity index is 1.79. The maximum Gasteiger partial charge on any atom is 0.322 e. The average molecular weight is 329 g/mol. The van der Waals surface area contributed by atoms with Crippen molar-refractivity contribution < 1.29 is 18.7 Å². The second-order valence-corrected chi connectivity index (χ2v) is 4.84. The number of hydrogen-bond donors (Lipinski definition) is 1. The first kappa shape index (κ1) is 15.5. The number of amides is 1. The molecule has 9 heteroatoms. The van der Waals surface area contributed by atoms with E-state index in [1.807, 2.05) is 0 Å². The van der Waals surface area contributed by atoms with Gasteiger partial charge < -0.3 is 13.9 Å². The molecule has 3 aromatic rings. The highest BCUT2D eigenvalue weighted by atomic mass is 16.5. The van der Waals surface area contributed by atoms with Gasteiger partial charge in [-0.15, -0.1) is 5.10 Å². The molecule has 124 valence electrons. The molecular formula is C15H15N5O4. The number of benzene rings is 1. The van der Waals surface area contributed by atoms with Crippen LogP contribution in [0.25, 0.3) is 11.6 Å². The molecule has 2 heterocycles. The largest absolute Gasteiger partial charge is 0.497 e. The normalized spacial score (nSPS) is 10.5. The predicted octanol–water partition coefficient (Wildman–Crippen LogP) is 1.74. The molecule has 9 nitrogen and oxygen atoms in total. The fraction of sp³-hybridized carbons (Fsp3) is 0.200. The lowest BCUT2D eigenvalue weighted by Gasteiger charge is -2.07. The van der Waals surface area contributed by atoms with Gasteiger partial charge >= 0.3 is 6.01 Å². The molecule has 0 aliphatic heterocycles. The first-order valence-electron chi connectivity index (χ1n) is 6.97. The zero-order valence-corrected chi connectivity index (χ0v) is 13.3. The minimum absolute atomic E-state index is 0.0255. The minimum Gasteiger partial charge on any atom is -0.497 e. The van der Waals surface area contributed by atoms with Gasteiger partial charge in [0, 0.05) is 24.9 Å². The number of carbonyl (C=O) groups is 1. The molecule has 0 spiro atoms. The molecule has 1 aromatic carbocycles. The number of hydrogen-bond acceptors (Lipinski definition) is 7. The van der Waals surface area contributed by atoms with Crippen molar-refractivity contribution in [3.63, 3.8) is 0 Å². The number of aryl methyl sites for hydroxylation is 1. The van der Waals surface area contributed by atoms with E-state index in [-0.39, 0.29) is 11.9 Å². The Morgan fingerprint density at radius 1 is 1.17 bits per heavy atom. The van der Waals surface area contributed by atoms with Crippen molar-refractivity contribution in [3.05, 3.63) is 36.0 Å². The van der Waals surface area contributed by atoms with Crippen molar-refractivity contribution in [2.45, 2.75) is 0 Å². The molecule has 0 bridgehead atoms. The van der Waals surface area contributed by atoms with Crippen LogP contribution in [0.4, 0.5) is 6.01 Å². The topological polar surface area (TPSA) is 104 Å². The Morgan fingerprint density at radius 3 is 2.46 bits per heavy atom. The third-order valence-corrected chi connectivity index (χ3v) is 3.19. The molecule has 24 heavy (non-hydrogen) atoms. The Labute approximate surface area is 137 Å². The van der Waals surface area contributed by atoms with Crippen molar-refractivity contribution >= 4 is 11.9 Å². The Kier molecular flexibility index (Phi) is 4.15. The maximum absolute atomic E-state index is 12.3. The summed E-state index contributed by atoms with van der Waals surface area (Å²) >= 11 is 0. The van der Waals surface area contributed by atoms with Crippen molar-refractivity contribution in [1.82, 2.24) is 20.0 Å². The summed E-state index contributed by atoms with van der Waals surface area (Å²) in [7, 11) is 4.79. The van der Waals surface area contributed by atoms with Crippen LogP contribution in [0.5, 0.6) is 11.5 Å². The van der Waals surface area contributed by atoms with Crippen LogP contribution in [-0.4, -0.2) is 40.1 Å². The number of rotatable bonds is 5. The lowest BCUT2D eigenvalue weighted by molar-refractivity contribution is 0.102. The van der Waals surface area contributed by atoms with Gasteiger partial charge in [0.05, 0.1) is 14.2 Å². The number of nitrogens with zero attached hydrogens (tertiary/aromatic N) is 4. The SMILES string of the molecule is COc1cc(OC)cc(C(=O)Nc2nnc(-c3ccn(C)n3)o2)c1. The van der Waals surface area contributed by atoms with Crippen LogP contribution < -0.4 is 14.8 Å². The zero-order chi connectivity index (χ0) is 17.1. The summed E-state index contributed by atoms with van der Waals surface area (Å²) in [5.41, 5.74) is 0.859. The van der Waals surface area contributed by atoms with Crippen LogP contribution in [-0.2, 0) is 7.05 Å². The van der Waals surface area contributed by atoms with E-state index < -0.39 is 5.91 Å². The molecular weight excluding hydrogens is 314 g/mol. The monoisotopic (exact) mass is 329 g/mol. The van der Waals surface area contributed by atoms with Gasteiger partial charge in [-0.05, 0) is 18.2 Å². The number of anilines is 1. The Morgan fingerprint density at radius 2 is 1.88 bits per heavy atom. The highest BCUT2D eigenvalue weighted by molar-refractivity contribution is 6.03. The summed E-state index contributed by atoms with van der Waals surface area (Å²) in [5, 5.41) is 14.3. The number of carbonyl (C=O) groups excluding carboxylic acids is 1. The molecule has 1 N–H and O–H groups in total. The number of methoxy groups -OCH3 is 2. The quantitative estimate of drug-likeness (QED) is 0.760. The smallest absolute Gasteiger partial charge is 0.322 e. The van der Waals surface area contributed by atoms with Gasteiger partial charge in [0.2, 0.25) is 0 Å². The fourth-order valence-corrected chi connectivity index (χ4v) is 2.01. The molecule has 2 aromatic heterocycles. The highest BCUT2D eigenvalue weighted by Gasteiger charge is 2.15. The second kappa shape index (κ2) is 6.41. The van der Waals surface area contributed by atoms with Gasteiger partial charge in [0.1, 0.15) is 17.2 Å². The molecule has 3 rings (SSSR count). The van der Waals surface area contributed by atoms with Crippen molar-refractivity contribution in [1.29, 1.82) is 0 Å². The summed E-state index contributed by atoms with van der Waals surface area (Å²) in [6, 6.07) is 6.53. The Bertz CT molecular complexity index is 848. The first-order chi connectivity index (χ1) is 11.6. The molecule has 0 saturated heterocycles. The summed E-state index contributed by atoms with van der Waals surface area (Å²) in [6.07, 6.45) is 1.75. The van der Waals surface area contributed by atoms with Gasteiger partial charge in [-0.3, -0.25) is 14.8 Å². The average Bonchev–Trinajstić information content (AvgIpc) is 3.23. The van der Waals surface area contributed by atoms with Crippen molar-refractivity contribution in [2.24, 2.45) is 7.05 Å². The number of aromatic nitrogens is 4. The van der Waals surface area contributed by atoms with E-state index in [2.05, 4.69) is 20.6 Å². The van der Waals surface area contributed by atoms with Crippen LogP contribution in [0.15, 0.2) is 34.9 Å². The van der Waals surface area contributed by atoms with E-state index in [0.717, 1.165) is 0 Å². The van der Waals surface area contributed by atoms with Crippen LogP contribution in [0.3, 0.4) is 0 Å². The maximum atomic E-state index is 12.3. The molecule has 0 aliphatic rings. The van der Waals surface area contributed by atoms with Crippen molar-refractivity contribution in [3.8, 4) is 23.1 Å². The van der Waals surface area contributed by atoms with Crippen LogP contribution >= 0.6 is 0 Å². The number of ether oxygens (including phenoxy) is 2. The van der Waals surface area contributed by atoms with Crippen LogP contribution in [0, 0.1) is 0 Å². The van der Waals surface area contributed by atoms with Crippen LogP contribution in [0.1, 0.15) is 10.4 Å². The molecule has 0 unspecified atom stereocenters. The second-order valence-electron chi connectivity index (χ2n) is 4.84. The highest BCUT2D eigenvalue weighted by Crippen LogP contribution is 2.23. The summed E-state index contributed by atoms with van der Waals surface area (Å²) < 4.78 is 17.3. The first-order valence-corrected chi connectivity index (χ1v) is 6.97. The third-order valence-electron chi connectivity index (χ3n) is 3.19. The molecule has 0 fully saturated rings. The summed E-state index contributed by atoms with van der Waals surface area (Å²) in [6.45, 7) is 0. The molecule has 1 amide bonds. The standard InChI is InChI=1S/C15H15N5O4/c1-20-5-4-12(19-20)14-17-18-15(24-14)16-13(21)9-6-10(22-2)8-11(7-9)23-3/h4-8H,1-3H3,(H,16,18,21).